The maximum atomic E-state index is 10.9. The zero-order valence-corrected chi connectivity index (χ0v) is 13.4. The van der Waals surface area contributed by atoms with Crippen molar-refractivity contribution >= 4 is 5.97 Å². The van der Waals surface area contributed by atoms with Crippen LogP contribution in [0.2, 0.25) is 0 Å². The summed E-state index contributed by atoms with van der Waals surface area (Å²) in [4.78, 5) is 10.9. The Morgan fingerprint density at radius 1 is 1.09 bits per heavy atom. The lowest BCUT2D eigenvalue weighted by Crippen LogP contribution is -2.17. The summed E-state index contributed by atoms with van der Waals surface area (Å²) in [7, 11) is 0. The third-order valence-corrected chi connectivity index (χ3v) is 4.11. The molecule has 0 spiro atoms. The zero-order valence-electron chi connectivity index (χ0n) is 13.4. The van der Waals surface area contributed by atoms with Crippen molar-refractivity contribution in [2.45, 2.75) is 33.1 Å². The third-order valence-electron chi connectivity index (χ3n) is 4.11. The fourth-order valence-corrected chi connectivity index (χ4v) is 3.21. The van der Waals surface area contributed by atoms with E-state index < -0.39 is 5.97 Å². The van der Waals surface area contributed by atoms with E-state index in [0.717, 1.165) is 12.0 Å². The number of aryl methyl sites for hydroxylation is 3. The molecule has 0 heterocycles. The average molecular weight is 297 g/mol. The van der Waals surface area contributed by atoms with E-state index in [0.29, 0.717) is 12.1 Å². The summed E-state index contributed by atoms with van der Waals surface area (Å²) < 4.78 is 0. The molecule has 2 aromatic rings. The summed E-state index contributed by atoms with van der Waals surface area (Å²) in [6.45, 7) is 6.94. The second kappa shape index (κ2) is 6.75. The van der Waals surface area contributed by atoms with Gasteiger partial charge in [0.25, 0.3) is 0 Å². The minimum Gasteiger partial charge on any atom is -0.478 e. The van der Waals surface area contributed by atoms with Crippen LogP contribution in [-0.4, -0.2) is 17.6 Å². The molecule has 2 rings (SSSR count). The molecule has 116 valence electrons. The Bertz CT molecular complexity index is 651. The van der Waals surface area contributed by atoms with Crippen molar-refractivity contribution in [2.75, 3.05) is 6.54 Å². The summed E-state index contributed by atoms with van der Waals surface area (Å²) in [6.07, 6.45) is 0.821. The highest BCUT2D eigenvalue weighted by Gasteiger charge is 2.16. The largest absolute Gasteiger partial charge is 0.478 e. The van der Waals surface area contributed by atoms with Crippen molar-refractivity contribution in [3.63, 3.8) is 0 Å². The van der Waals surface area contributed by atoms with Gasteiger partial charge in [-0.25, -0.2) is 4.79 Å². The van der Waals surface area contributed by atoms with Gasteiger partial charge in [-0.05, 0) is 68.1 Å². The highest BCUT2D eigenvalue weighted by atomic mass is 16.4. The summed E-state index contributed by atoms with van der Waals surface area (Å²) in [5.41, 5.74) is 12.6. The highest BCUT2D eigenvalue weighted by molar-refractivity contribution is 5.87. The molecule has 22 heavy (non-hydrogen) atoms. The van der Waals surface area contributed by atoms with Gasteiger partial charge in [-0.15, -0.1) is 0 Å². The number of benzene rings is 2. The second-order valence-electron chi connectivity index (χ2n) is 5.95. The molecule has 0 aromatic heterocycles. The summed E-state index contributed by atoms with van der Waals surface area (Å²) in [5, 5.41) is 8.96. The number of hydrogen-bond acceptors (Lipinski definition) is 2. The van der Waals surface area contributed by atoms with Gasteiger partial charge in [0.2, 0.25) is 0 Å². The molecule has 0 fully saturated rings. The first kappa shape index (κ1) is 16.2. The van der Waals surface area contributed by atoms with Crippen LogP contribution in [0.25, 0.3) is 0 Å². The van der Waals surface area contributed by atoms with E-state index in [9.17, 15) is 4.79 Å². The maximum Gasteiger partial charge on any atom is 0.335 e. The van der Waals surface area contributed by atoms with Crippen LogP contribution in [0.4, 0.5) is 0 Å². The molecule has 0 amide bonds. The van der Waals surface area contributed by atoms with Crippen LogP contribution < -0.4 is 5.73 Å². The first-order valence-corrected chi connectivity index (χ1v) is 7.52. The number of hydrogen-bond donors (Lipinski definition) is 2. The van der Waals surface area contributed by atoms with Crippen LogP contribution >= 0.6 is 0 Å². The topological polar surface area (TPSA) is 63.3 Å². The number of aromatic carboxylic acids is 1. The molecule has 0 radical (unpaired) electrons. The third kappa shape index (κ3) is 3.55. The first-order valence-electron chi connectivity index (χ1n) is 7.52. The molecule has 3 N–H and O–H groups in total. The highest BCUT2D eigenvalue weighted by Crippen LogP contribution is 2.27. The van der Waals surface area contributed by atoms with E-state index >= 15 is 0 Å². The first-order chi connectivity index (χ1) is 10.4. The minimum absolute atomic E-state index is 0.247. The Morgan fingerprint density at radius 3 is 2.09 bits per heavy atom. The van der Waals surface area contributed by atoms with E-state index in [2.05, 4.69) is 32.9 Å². The van der Waals surface area contributed by atoms with Gasteiger partial charge in [-0.2, -0.15) is 0 Å². The Hall–Kier alpha value is -2.13. The van der Waals surface area contributed by atoms with Crippen LogP contribution in [0, 0.1) is 20.8 Å². The standard InChI is InChI=1S/C19H23NO2/c1-12-8-13(2)18(14(3)9-12)17(11-20)10-15-4-6-16(7-5-15)19(21)22/h4-9,17H,10-11,20H2,1-3H3,(H,21,22). The van der Waals surface area contributed by atoms with Crippen molar-refractivity contribution in [2.24, 2.45) is 5.73 Å². The maximum absolute atomic E-state index is 10.9. The molecule has 0 saturated heterocycles. The van der Waals surface area contributed by atoms with Crippen molar-refractivity contribution in [1.29, 1.82) is 0 Å². The predicted molar refractivity (Wildman–Crippen MR) is 89.6 cm³/mol. The van der Waals surface area contributed by atoms with E-state index in [-0.39, 0.29) is 5.92 Å². The summed E-state index contributed by atoms with van der Waals surface area (Å²) in [5.74, 6) is -0.650. The van der Waals surface area contributed by atoms with Gasteiger partial charge in [-0.3, -0.25) is 0 Å². The lowest BCUT2D eigenvalue weighted by molar-refractivity contribution is 0.0697. The molecule has 0 aliphatic carbocycles. The van der Waals surface area contributed by atoms with Gasteiger partial charge in [0, 0.05) is 5.92 Å². The molecule has 2 aromatic carbocycles. The number of nitrogens with two attached hydrogens (primary N) is 1. The monoisotopic (exact) mass is 297 g/mol. The van der Waals surface area contributed by atoms with Crippen molar-refractivity contribution < 1.29 is 9.90 Å². The molecule has 1 unspecified atom stereocenters. The Kier molecular flexibility index (Phi) is 4.99. The van der Waals surface area contributed by atoms with Gasteiger partial charge in [0.15, 0.2) is 0 Å². The van der Waals surface area contributed by atoms with Crippen molar-refractivity contribution in [3.05, 3.63) is 69.8 Å². The smallest absolute Gasteiger partial charge is 0.335 e. The molecule has 0 bridgehead atoms. The lowest BCUT2D eigenvalue weighted by Gasteiger charge is -2.21. The molecule has 3 heteroatoms. The number of rotatable bonds is 5. The molecular formula is C19H23NO2. The second-order valence-corrected chi connectivity index (χ2v) is 5.95. The normalized spacial score (nSPS) is 12.2. The van der Waals surface area contributed by atoms with Gasteiger partial charge < -0.3 is 10.8 Å². The number of carboxylic acids is 1. The van der Waals surface area contributed by atoms with Crippen molar-refractivity contribution in [1.82, 2.24) is 0 Å². The molecule has 3 nitrogen and oxygen atoms in total. The van der Waals surface area contributed by atoms with E-state index in [1.807, 2.05) is 12.1 Å². The zero-order chi connectivity index (χ0) is 16.3. The van der Waals surface area contributed by atoms with E-state index in [1.54, 1.807) is 12.1 Å². The lowest BCUT2D eigenvalue weighted by atomic mass is 9.85. The van der Waals surface area contributed by atoms with Crippen LogP contribution in [0.15, 0.2) is 36.4 Å². The summed E-state index contributed by atoms with van der Waals surface area (Å²) in [6, 6.07) is 11.5. The quantitative estimate of drug-likeness (QED) is 0.886. The molecule has 0 aliphatic rings. The number of carboxylic acid groups (broad SMARTS) is 1. The Balaban J connectivity index is 2.28. The molecule has 0 saturated carbocycles. The fourth-order valence-electron chi connectivity index (χ4n) is 3.21. The molecule has 0 aliphatic heterocycles. The fraction of sp³-hybridized carbons (Fsp3) is 0.316. The van der Waals surface area contributed by atoms with E-state index in [4.69, 9.17) is 10.8 Å². The predicted octanol–water partition coefficient (Wildman–Crippen LogP) is 3.60. The van der Waals surface area contributed by atoms with Gasteiger partial charge in [0.05, 0.1) is 5.56 Å². The van der Waals surface area contributed by atoms with Crippen molar-refractivity contribution in [3.8, 4) is 0 Å². The van der Waals surface area contributed by atoms with Crippen LogP contribution in [-0.2, 0) is 6.42 Å². The molecule has 1 atom stereocenters. The molecular weight excluding hydrogens is 274 g/mol. The minimum atomic E-state index is -0.896. The van der Waals surface area contributed by atoms with Gasteiger partial charge in [-0.1, -0.05) is 29.8 Å². The van der Waals surface area contributed by atoms with Gasteiger partial charge in [0.1, 0.15) is 0 Å². The van der Waals surface area contributed by atoms with E-state index in [1.165, 1.54) is 22.3 Å². The number of carbonyl (C=O) groups is 1. The Labute approximate surface area is 131 Å². The van der Waals surface area contributed by atoms with Gasteiger partial charge >= 0.3 is 5.97 Å². The van der Waals surface area contributed by atoms with Crippen LogP contribution in [0.3, 0.4) is 0 Å². The Morgan fingerprint density at radius 2 is 1.64 bits per heavy atom. The SMILES string of the molecule is Cc1cc(C)c(C(CN)Cc2ccc(C(=O)O)cc2)c(C)c1. The van der Waals surface area contributed by atoms with Crippen LogP contribution in [0.5, 0.6) is 0 Å². The van der Waals surface area contributed by atoms with Crippen LogP contribution in [0.1, 0.15) is 44.1 Å². The average Bonchev–Trinajstić information content (AvgIpc) is 2.45. The summed E-state index contributed by atoms with van der Waals surface area (Å²) >= 11 is 0.